The van der Waals surface area contributed by atoms with Crippen molar-refractivity contribution < 1.29 is 13.9 Å². The normalized spacial score (nSPS) is 10.3. The molecule has 0 aliphatic rings. The van der Waals surface area contributed by atoms with Gasteiger partial charge in [-0.05, 0) is 49.0 Å². The summed E-state index contributed by atoms with van der Waals surface area (Å²) < 4.78 is 19.0. The summed E-state index contributed by atoms with van der Waals surface area (Å²) in [6.07, 6.45) is 0. The van der Waals surface area contributed by atoms with Crippen molar-refractivity contribution in [2.45, 2.75) is 6.54 Å². The number of carbonyl (C=O) groups is 1. The van der Waals surface area contributed by atoms with Crippen molar-refractivity contribution in [3.8, 4) is 11.5 Å². The Morgan fingerprint density at radius 1 is 1.20 bits per heavy atom. The standard InChI is InChI=1S/C15H15FN2O2/c1-18-9-10-6-12(16)8-14(7-10)20-13-4-2-11(3-5-13)15(17)19/h2-8,18H,9H2,1H3,(H2,17,19). The molecule has 20 heavy (non-hydrogen) atoms. The number of primary amides is 1. The first-order valence-corrected chi connectivity index (χ1v) is 6.10. The molecule has 5 heteroatoms. The van der Waals surface area contributed by atoms with E-state index in [0.29, 0.717) is 23.6 Å². The molecule has 0 saturated carbocycles. The Balaban J connectivity index is 2.18. The van der Waals surface area contributed by atoms with E-state index < -0.39 is 5.91 Å². The number of halogens is 1. The zero-order valence-corrected chi connectivity index (χ0v) is 11.0. The third-order valence-corrected chi connectivity index (χ3v) is 2.69. The van der Waals surface area contributed by atoms with Gasteiger partial charge in [-0.1, -0.05) is 0 Å². The fourth-order valence-corrected chi connectivity index (χ4v) is 1.81. The summed E-state index contributed by atoms with van der Waals surface area (Å²) >= 11 is 0. The van der Waals surface area contributed by atoms with E-state index in [9.17, 15) is 9.18 Å². The minimum atomic E-state index is -0.501. The number of hydrogen-bond acceptors (Lipinski definition) is 3. The summed E-state index contributed by atoms with van der Waals surface area (Å²) in [5, 5.41) is 2.95. The summed E-state index contributed by atoms with van der Waals surface area (Å²) in [6.45, 7) is 0.550. The second-order valence-corrected chi connectivity index (χ2v) is 4.32. The molecule has 2 aromatic rings. The molecule has 0 bridgehead atoms. The van der Waals surface area contributed by atoms with E-state index in [2.05, 4.69) is 5.32 Å². The minimum absolute atomic E-state index is 0.360. The van der Waals surface area contributed by atoms with Gasteiger partial charge in [-0.15, -0.1) is 0 Å². The molecule has 0 aliphatic heterocycles. The lowest BCUT2D eigenvalue weighted by molar-refractivity contribution is 0.100. The molecule has 0 unspecified atom stereocenters. The van der Waals surface area contributed by atoms with Gasteiger partial charge in [0.2, 0.25) is 5.91 Å². The number of rotatable bonds is 5. The molecule has 4 nitrogen and oxygen atoms in total. The van der Waals surface area contributed by atoms with Gasteiger partial charge >= 0.3 is 0 Å². The predicted molar refractivity (Wildman–Crippen MR) is 74.2 cm³/mol. The third-order valence-electron chi connectivity index (χ3n) is 2.69. The molecule has 0 aliphatic carbocycles. The van der Waals surface area contributed by atoms with Crippen LogP contribution >= 0.6 is 0 Å². The Kier molecular flexibility index (Phi) is 4.32. The number of benzene rings is 2. The van der Waals surface area contributed by atoms with Crippen LogP contribution in [0.15, 0.2) is 42.5 Å². The molecule has 2 rings (SSSR count). The van der Waals surface area contributed by atoms with Crippen LogP contribution in [-0.2, 0) is 6.54 Å². The lowest BCUT2D eigenvalue weighted by Crippen LogP contribution is -2.10. The van der Waals surface area contributed by atoms with Gasteiger partial charge in [0.25, 0.3) is 0 Å². The Labute approximate surface area is 116 Å². The van der Waals surface area contributed by atoms with E-state index in [1.54, 1.807) is 37.4 Å². The minimum Gasteiger partial charge on any atom is -0.457 e. The maximum Gasteiger partial charge on any atom is 0.248 e. The van der Waals surface area contributed by atoms with Crippen molar-refractivity contribution in [2.75, 3.05) is 7.05 Å². The summed E-state index contributed by atoms with van der Waals surface area (Å²) in [7, 11) is 1.79. The molecule has 0 atom stereocenters. The fourth-order valence-electron chi connectivity index (χ4n) is 1.81. The van der Waals surface area contributed by atoms with Gasteiger partial charge in [-0.2, -0.15) is 0 Å². The van der Waals surface area contributed by atoms with Gasteiger partial charge in [-0.3, -0.25) is 4.79 Å². The van der Waals surface area contributed by atoms with Crippen LogP contribution in [-0.4, -0.2) is 13.0 Å². The molecule has 1 amide bonds. The summed E-state index contributed by atoms with van der Waals surface area (Å²) in [4.78, 5) is 11.0. The average molecular weight is 274 g/mol. The van der Waals surface area contributed by atoms with E-state index in [1.165, 1.54) is 12.1 Å². The van der Waals surface area contributed by atoms with Crippen molar-refractivity contribution in [3.63, 3.8) is 0 Å². The van der Waals surface area contributed by atoms with Crippen LogP contribution in [0, 0.1) is 5.82 Å². The summed E-state index contributed by atoms with van der Waals surface area (Å²) in [5.74, 6) is 0.0539. The van der Waals surface area contributed by atoms with Crippen LogP contribution in [0.25, 0.3) is 0 Å². The Morgan fingerprint density at radius 2 is 1.90 bits per heavy atom. The van der Waals surface area contributed by atoms with Crippen LogP contribution in [0.4, 0.5) is 4.39 Å². The van der Waals surface area contributed by atoms with Gasteiger partial charge in [0.1, 0.15) is 17.3 Å². The lowest BCUT2D eigenvalue weighted by atomic mass is 10.2. The second-order valence-electron chi connectivity index (χ2n) is 4.32. The summed E-state index contributed by atoms with van der Waals surface area (Å²) in [6, 6.07) is 10.9. The summed E-state index contributed by atoms with van der Waals surface area (Å²) in [5.41, 5.74) is 6.34. The molecule has 0 saturated heterocycles. The number of hydrogen-bond donors (Lipinski definition) is 2. The highest BCUT2D eigenvalue weighted by molar-refractivity contribution is 5.92. The number of amides is 1. The topological polar surface area (TPSA) is 64.3 Å². The molecule has 2 aromatic carbocycles. The van der Waals surface area contributed by atoms with Crippen LogP contribution in [0.1, 0.15) is 15.9 Å². The maximum absolute atomic E-state index is 13.5. The van der Waals surface area contributed by atoms with Gasteiger partial charge in [0, 0.05) is 18.2 Å². The van der Waals surface area contributed by atoms with Crippen molar-refractivity contribution >= 4 is 5.91 Å². The molecular formula is C15H15FN2O2. The number of carbonyl (C=O) groups excluding carboxylic acids is 1. The quantitative estimate of drug-likeness (QED) is 0.880. The first-order chi connectivity index (χ1) is 9.58. The number of nitrogens with one attached hydrogen (secondary N) is 1. The highest BCUT2D eigenvalue weighted by Crippen LogP contribution is 2.24. The molecule has 0 aromatic heterocycles. The zero-order chi connectivity index (χ0) is 14.5. The Bertz CT molecular complexity index is 612. The Morgan fingerprint density at radius 3 is 2.50 bits per heavy atom. The van der Waals surface area contributed by atoms with Crippen LogP contribution < -0.4 is 15.8 Å². The highest BCUT2D eigenvalue weighted by Gasteiger charge is 2.04. The van der Waals surface area contributed by atoms with Gasteiger partial charge in [0.15, 0.2) is 0 Å². The lowest BCUT2D eigenvalue weighted by Gasteiger charge is -2.08. The smallest absolute Gasteiger partial charge is 0.248 e. The van der Waals surface area contributed by atoms with E-state index >= 15 is 0 Å². The molecule has 0 spiro atoms. The van der Waals surface area contributed by atoms with E-state index in [1.807, 2.05) is 0 Å². The molecule has 104 valence electrons. The van der Waals surface area contributed by atoms with Crippen LogP contribution in [0.3, 0.4) is 0 Å². The molecule has 0 fully saturated rings. The zero-order valence-electron chi connectivity index (χ0n) is 11.0. The van der Waals surface area contributed by atoms with Gasteiger partial charge < -0.3 is 15.8 Å². The first-order valence-electron chi connectivity index (χ1n) is 6.10. The van der Waals surface area contributed by atoms with E-state index in [0.717, 1.165) is 5.56 Å². The second kappa shape index (κ2) is 6.16. The average Bonchev–Trinajstić information content (AvgIpc) is 2.39. The van der Waals surface area contributed by atoms with Crippen molar-refractivity contribution in [1.29, 1.82) is 0 Å². The van der Waals surface area contributed by atoms with E-state index in [-0.39, 0.29) is 5.82 Å². The fraction of sp³-hybridized carbons (Fsp3) is 0.133. The number of nitrogens with two attached hydrogens (primary N) is 1. The van der Waals surface area contributed by atoms with Gasteiger partial charge in [-0.25, -0.2) is 4.39 Å². The van der Waals surface area contributed by atoms with Crippen molar-refractivity contribution in [2.24, 2.45) is 5.73 Å². The molecule has 0 radical (unpaired) electrons. The first kappa shape index (κ1) is 14.0. The van der Waals surface area contributed by atoms with Crippen molar-refractivity contribution in [3.05, 3.63) is 59.4 Å². The SMILES string of the molecule is CNCc1cc(F)cc(Oc2ccc(C(N)=O)cc2)c1. The maximum atomic E-state index is 13.5. The largest absolute Gasteiger partial charge is 0.457 e. The third kappa shape index (κ3) is 3.55. The van der Waals surface area contributed by atoms with Gasteiger partial charge in [0.05, 0.1) is 0 Å². The van der Waals surface area contributed by atoms with Crippen LogP contribution in [0.2, 0.25) is 0 Å². The predicted octanol–water partition coefficient (Wildman–Crippen LogP) is 2.44. The Hall–Kier alpha value is -2.40. The van der Waals surface area contributed by atoms with E-state index in [4.69, 9.17) is 10.5 Å². The monoisotopic (exact) mass is 274 g/mol. The molecule has 3 N–H and O–H groups in total. The molecular weight excluding hydrogens is 259 g/mol. The highest BCUT2D eigenvalue weighted by atomic mass is 19.1. The van der Waals surface area contributed by atoms with Crippen molar-refractivity contribution in [1.82, 2.24) is 5.32 Å². The number of ether oxygens (including phenoxy) is 1. The molecule has 0 heterocycles. The van der Waals surface area contributed by atoms with Crippen LogP contribution in [0.5, 0.6) is 11.5 Å².